The van der Waals surface area contributed by atoms with Crippen molar-refractivity contribution in [3.63, 3.8) is 0 Å². The number of hydrogen-bond acceptors (Lipinski definition) is 8. The Labute approximate surface area is 246 Å². The Bertz CT molecular complexity index is 1840. The molecule has 2 heterocycles. The summed E-state index contributed by atoms with van der Waals surface area (Å²) < 4.78 is 42.5. The topological polar surface area (TPSA) is 139 Å². The third kappa shape index (κ3) is 5.54. The van der Waals surface area contributed by atoms with E-state index in [2.05, 4.69) is 44.1 Å². The monoisotopic (exact) mass is 583 g/mol. The van der Waals surface area contributed by atoms with E-state index in [0.29, 0.717) is 51.1 Å². The summed E-state index contributed by atoms with van der Waals surface area (Å²) in [6.45, 7) is 8.48. The summed E-state index contributed by atoms with van der Waals surface area (Å²) in [7, 11) is 0. The molecule has 12 heteroatoms. The molecule has 2 N–H and O–H groups in total. The van der Waals surface area contributed by atoms with Gasteiger partial charge in [-0.3, -0.25) is 4.98 Å². The minimum Gasteiger partial charge on any atom is -0.383 e. The SMILES string of the molecule is Cc1cc(C#N)ccc1[C@H](Nc1cc(C#N)c2ncc(C#N)c(NCC(C)(C)C)c2c1)c1cn(C2(C(F)(F)F)CC2)nn1. The van der Waals surface area contributed by atoms with Gasteiger partial charge in [0.15, 0.2) is 5.54 Å². The van der Waals surface area contributed by atoms with Crippen molar-refractivity contribution in [1.82, 2.24) is 20.0 Å². The Morgan fingerprint density at radius 2 is 1.74 bits per heavy atom. The van der Waals surface area contributed by atoms with Crippen LogP contribution >= 0.6 is 0 Å². The van der Waals surface area contributed by atoms with Crippen LogP contribution in [0.25, 0.3) is 10.9 Å². The minimum absolute atomic E-state index is 0.0813. The Morgan fingerprint density at radius 1 is 1.02 bits per heavy atom. The Morgan fingerprint density at radius 3 is 2.33 bits per heavy atom. The first kappa shape index (κ1) is 29.3. The molecule has 0 radical (unpaired) electrons. The molecule has 1 aliphatic rings. The van der Waals surface area contributed by atoms with Crippen LogP contribution in [-0.2, 0) is 5.54 Å². The lowest BCUT2D eigenvalue weighted by molar-refractivity contribution is -0.182. The van der Waals surface area contributed by atoms with Gasteiger partial charge >= 0.3 is 6.18 Å². The number of benzene rings is 2. The van der Waals surface area contributed by atoms with Gasteiger partial charge in [-0.15, -0.1) is 5.10 Å². The van der Waals surface area contributed by atoms with Gasteiger partial charge in [0.05, 0.1) is 46.2 Å². The van der Waals surface area contributed by atoms with Crippen molar-refractivity contribution < 1.29 is 13.2 Å². The standard InChI is InChI=1S/C31H28F3N9/c1-18-9-19(12-35)5-6-23(18)28(25-16-43(42-41-25)30(7-8-30)31(32,33)34)40-22-10-20(13-36)26-24(11-22)27(21(14-37)15-38-26)39-17-29(2,3)4/h5-6,9-11,15-16,28,40H,7-8,17H2,1-4H3,(H,38,39)/t28-/m0/s1. The van der Waals surface area contributed by atoms with E-state index in [0.717, 1.165) is 4.68 Å². The zero-order valence-corrected chi connectivity index (χ0v) is 24.0. The summed E-state index contributed by atoms with van der Waals surface area (Å²) >= 11 is 0. The Balaban J connectivity index is 1.65. The molecule has 1 fully saturated rings. The second kappa shape index (κ2) is 10.6. The molecular weight excluding hydrogens is 555 g/mol. The first-order valence-corrected chi connectivity index (χ1v) is 13.6. The molecule has 0 saturated heterocycles. The van der Waals surface area contributed by atoms with Crippen molar-refractivity contribution in [3.05, 3.63) is 76.2 Å². The number of halogens is 3. The Kier molecular flexibility index (Phi) is 7.23. The zero-order chi connectivity index (χ0) is 31.2. The highest BCUT2D eigenvalue weighted by Gasteiger charge is 2.66. The highest BCUT2D eigenvalue weighted by Crippen LogP contribution is 2.55. The van der Waals surface area contributed by atoms with E-state index in [1.54, 1.807) is 37.3 Å². The highest BCUT2D eigenvalue weighted by molar-refractivity contribution is 5.99. The number of nitrogens with one attached hydrogen (secondary N) is 2. The molecule has 4 aromatic rings. The van der Waals surface area contributed by atoms with Crippen molar-refractivity contribution in [2.75, 3.05) is 17.2 Å². The van der Waals surface area contributed by atoms with Gasteiger partial charge in [-0.25, -0.2) is 4.68 Å². The summed E-state index contributed by atoms with van der Waals surface area (Å²) in [5.41, 5.74) is 1.79. The summed E-state index contributed by atoms with van der Waals surface area (Å²) in [6, 6.07) is 14.0. The van der Waals surface area contributed by atoms with Gasteiger partial charge in [0.1, 0.15) is 17.8 Å². The lowest BCUT2D eigenvalue weighted by Crippen LogP contribution is -2.35. The molecule has 5 rings (SSSR count). The second-order valence-electron chi connectivity index (χ2n) is 12.0. The average Bonchev–Trinajstić information content (AvgIpc) is 3.65. The van der Waals surface area contributed by atoms with Gasteiger partial charge in [-0.2, -0.15) is 29.0 Å². The number of pyridine rings is 1. The molecule has 0 amide bonds. The third-order valence-electron chi connectivity index (χ3n) is 7.53. The number of alkyl halides is 3. The number of rotatable bonds is 7. The van der Waals surface area contributed by atoms with Crippen molar-refractivity contribution in [3.8, 4) is 18.2 Å². The van der Waals surface area contributed by atoms with Crippen LogP contribution in [0.1, 0.15) is 73.2 Å². The van der Waals surface area contributed by atoms with Crippen molar-refractivity contribution in [1.29, 1.82) is 15.8 Å². The van der Waals surface area contributed by atoms with Crippen LogP contribution in [-0.4, -0.2) is 32.7 Å². The lowest BCUT2D eigenvalue weighted by Gasteiger charge is -2.23. The molecule has 0 bridgehead atoms. The number of nitrogens with zero attached hydrogens (tertiary/aromatic N) is 7. The quantitative estimate of drug-likeness (QED) is 0.253. The molecule has 2 aromatic heterocycles. The second-order valence-corrected chi connectivity index (χ2v) is 12.0. The average molecular weight is 584 g/mol. The van der Waals surface area contributed by atoms with Gasteiger partial charge in [0, 0.05) is 23.8 Å². The van der Waals surface area contributed by atoms with Gasteiger partial charge in [-0.05, 0) is 60.6 Å². The summed E-state index contributed by atoms with van der Waals surface area (Å²) in [5, 5.41) is 44.5. The predicted octanol–water partition coefficient (Wildman–Crippen LogP) is 6.46. The third-order valence-corrected chi connectivity index (χ3v) is 7.53. The van der Waals surface area contributed by atoms with E-state index in [1.165, 1.54) is 12.4 Å². The van der Waals surface area contributed by atoms with Crippen LogP contribution in [0.4, 0.5) is 24.5 Å². The maximum Gasteiger partial charge on any atom is 0.413 e. The normalized spacial score (nSPS) is 14.8. The predicted molar refractivity (Wildman–Crippen MR) is 154 cm³/mol. The molecule has 9 nitrogen and oxygen atoms in total. The number of aryl methyl sites for hydroxylation is 1. The molecule has 218 valence electrons. The number of nitriles is 3. The van der Waals surface area contributed by atoms with Crippen LogP contribution in [0.5, 0.6) is 0 Å². The van der Waals surface area contributed by atoms with Crippen LogP contribution in [0, 0.1) is 46.3 Å². The van der Waals surface area contributed by atoms with E-state index >= 15 is 0 Å². The lowest BCUT2D eigenvalue weighted by atomic mass is 9.95. The fraction of sp³-hybridized carbons (Fsp3) is 0.355. The van der Waals surface area contributed by atoms with Gasteiger partial charge in [0.25, 0.3) is 0 Å². The van der Waals surface area contributed by atoms with E-state index in [-0.39, 0.29) is 29.5 Å². The van der Waals surface area contributed by atoms with Crippen molar-refractivity contribution in [2.45, 2.75) is 58.3 Å². The summed E-state index contributed by atoms with van der Waals surface area (Å²) in [6.07, 6.45) is -1.91. The molecule has 2 aromatic carbocycles. The zero-order valence-electron chi connectivity index (χ0n) is 24.0. The van der Waals surface area contributed by atoms with Gasteiger partial charge in [-0.1, -0.05) is 32.1 Å². The van der Waals surface area contributed by atoms with Crippen LogP contribution < -0.4 is 10.6 Å². The fourth-order valence-electron chi connectivity index (χ4n) is 5.03. The molecule has 0 aliphatic heterocycles. The smallest absolute Gasteiger partial charge is 0.383 e. The fourth-order valence-corrected chi connectivity index (χ4v) is 5.03. The number of fused-ring (bicyclic) bond motifs is 1. The molecule has 0 spiro atoms. The van der Waals surface area contributed by atoms with E-state index in [9.17, 15) is 29.0 Å². The van der Waals surface area contributed by atoms with Crippen molar-refractivity contribution in [2.24, 2.45) is 5.41 Å². The molecule has 1 atom stereocenters. The number of aromatic nitrogens is 4. The van der Waals surface area contributed by atoms with Crippen LogP contribution in [0.15, 0.2) is 42.7 Å². The Hall–Kier alpha value is -5.15. The number of anilines is 2. The van der Waals surface area contributed by atoms with Gasteiger partial charge in [0.2, 0.25) is 0 Å². The van der Waals surface area contributed by atoms with Crippen LogP contribution in [0.2, 0.25) is 0 Å². The van der Waals surface area contributed by atoms with E-state index in [1.807, 2.05) is 20.8 Å². The number of hydrogen-bond donors (Lipinski definition) is 2. The van der Waals surface area contributed by atoms with E-state index in [4.69, 9.17) is 0 Å². The summed E-state index contributed by atoms with van der Waals surface area (Å²) in [4.78, 5) is 4.38. The van der Waals surface area contributed by atoms with Crippen molar-refractivity contribution >= 4 is 22.3 Å². The maximum atomic E-state index is 13.9. The molecule has 1 aliphatic carbocycles. The largest absolute Gasteiger partial charge is 0.413 e. The molecular formula is C31H28F3N9. The molecule has 0 unspecified atom stereocenters. The first-order valence-electron chi connectivity index (χ1n) is 13.6. The van der Waals surface area contributed by atoms with Crippen LogP contribution in [0.3, 0.4) is 0 Å². The van der Waals surface area contributed by atoms with Gasteiger partial charge < -0.3 is 10.6 Å². The highest BCUT2D eigenvalue weighted by atomic mass is 19.4. The maximum absolute atomic E-state index is 13.9. The molecule has 1 saturated carbocycles. The molecule has 43 heavy (non-hydrogen) atoms. The van der Waals surface area contributed by atoms with E-state index < -0.39 is 17.8 Å². The summed E-state index contributed by atoms with van der Waals surface area (Å²) in [5.74, 6) is 0. The first-order chi connectivity index (χ1) is 20.3. The minimum atomic E-state index is -4.48.